The zero-order valence-electron chi connectivity index (χ0n) is 8.82. The molecule has 2 aromatic heterocycles. The molecule has 0 N–H and O–H groups in total. The van der Waals surface area contributed by atoms with Crippen LogP contribution in [0.5, 0.6) is 0 Å². The molecule has 3 aromatic rings. The number of fused-ring (bicyclic) bond motifs is 1. The summed E-state index contributed by atoms with van der Waals surface area (Å²) in [5.74, 6) is 0.455. The fraction of sp³-hybridized carbons (Fsp3) is 0. The molecule has 0 unspecified atom stereocenters. The number of benzene rings is 1. The fourth-order valence-electron chi connectivity index (χ4n) is 1.63. The second-order valence-corrected chi connectivity index (χ2v) is 3.55. The van der Waals surface area contributed by atoms with E-state index in [0.717, 1.165) is 10.9 Å². The van der Waals surface area contributed by atoms with Crippen LogP contribution in [0.25, 0.3) is 16.9 Å². The average Bonchev–Trinajstić information content (AvgIpc) is 2.83. The second-order valence-electron chi connectivity index (χ2n) is 3.55. The van der Waals surface area contributed by atoms with Gasteiger partial charge in [-0.25, -0.2) is 9.97 Å². The molecule has 0 aliphatic rings. The maximum absolute atomic E-state index is 10.5. The summed E-state index contributed by atoms with van der Waals surface area (Å²) in [6.45, 7) is 0. The summed E-state index contributed by atoms with van der Waals surface area (Å²) in [6.07, 6.45) is 5.43. The third-order valence-electron chi connectivity index (χ3n) is 2.46. The summed E-state index contributed by atoms with van der Waals surface area (Å²) >= 11 is 0. The lowest BCUT2D eigenvalue weighted by Crippen LogP contribution is -2.02. The van der Waals surface area contributed by atoms with E-state index in [4.69, 9.17) is 0 Å². The number of carbonyl (C=O) groups is 1. The Bertz CT molecular complexity index is 672. The summed E-state index contributed by atoms with van der Waals surface area (Å²) in [6, 6.07) is 7.79. The Morgan fingerprint density at radius 1 is 1.06 bits per heavy atom. The van der Waals surface area contributed by atoms with Crippen molar-refractivity contribution in [1.82, 2.24) is 19.7 Å². The maximum Gasteiger partial charge on any atom is 0.251 e. The monoisotopic (exact) mass is 224 g/mol. The number of aromatic nitrogens is 4. The van der Waals surface area contributed by atoms with Gasteiger partial charge in [0.15, 0.2) is 6.29 Å². The van der Waals surface area contributed by atoms with Gasteiger partial charge < -0.3 is 0 Å². The van der Waals surface area contributed by atoms with E-state index < -0.39 is 0 Å². The van der Waals surface area contributed by atoms with Crippen molar-refractivity contribution in [3.05, 3.63) is 48.4 Å². The fourth-order valence-corrected chi connectivity index (χ4v) is 1.63. The Labute approximate surface area is 96.7 Å². The standard InChI is InChI=1S/C12H8N4O/c17-8-9-5-13-12(14-6-9)16-11-4-2-1-3-10(11)7-15-16/h1-8H. The van der Waals surface area contributed by atoms with Crippen molar-refractivity contribution in [2.24, 2.45) is 0 Å². The molecule has 82 valence electrons. The van der Waals surface area contributed by atoms with Crippen LogP contribution in [0.1, 0.15) is 10.4 Å². The lowest BCUT2D eigenvalue weighted by molar-refractivity contribution is 0.112. The van der Waals surface area contributed by atoms with Crippen molar-refractivity contribution < 1.29 is 4.79 Å². The molecule has 0 radical (unpaired) electrons. The highest BCUT2D eigenvalue weighted by Gasteiger charge is 2.06. The predicted octanol–water partition coefficient (Wildman–Crippen LogP) is 1.63. The van der Waals surface area contributed by atoms with E-state index in [1.165, 1.54) is 12.4 Å². The first-order valence-electron chi connectivity index (χ1n) is 5.09. The van der Waals surface area contributed by atoms with Crippen LogP contribution >= 0.6 is 0 Å². The molecule has 3 rings (SSSR count). The molecule has 5 nitrogen and oxygen atoms in total. The van der Waals surface area contributed by atoms with Crippen LogP contribution in [-0.4, -0.2) is 26.0 Å². The number of hydrogen-bond acceptors (Lipinski definition) is 4. The van der Waals surface area contributed by atoms with Gasteiger partial charge in [0.1, 0.15) is 0 Å². The first-order chi connectivity index (χ1) is 8.38. The highest BCUT2D eigenvalue weighted by Crippen LogP contribution is 2.14. The summed E-state index contributed by atoms with van der Waals surface area (Å²) in [4.78, 5) is 18.7. The molecule has 0 spiro atoms. The minimum atomic E-state index is 0.449. The Morgan fingerprint density at radius 3 is 2.59 bits per heavy atom. The molecule has 0 bridgehead atoms. The third-order valence-corrected chi connectivity index (χ3v) is 2.46. The van der Waals surface area contributed by atoms with Gasteiger partial charge in [-0.15, -0.1) is 0 Å². The smallest absolute Gasteiger partial charge is 0.251 e. The van der Waals surface area contributed by atoms with Crippen LogP contribution in [0, 0.1) is 0 Å². The molecule has 0 aliphatic carbocycles. The van der Waals surface area contributed by atoms with Gasteiger partial charge in [0.25, 0.3) is 5.95 Å². The molecule has 0 atom stereocenters. The number of rotatable bonds is 2. The summed E-state index contributed by atoms with van der Waals surface area (Å²) in [5, 5.41) is 5.25. The van der Waals surface area contributed by atoms with Crippen LogP contribution in [-0.2, 0) is 0 Å². The van der Waals surface area contributed by atoms with Crippen LogP contribution in [0.15, 0.2) is 42.9 Å². The van der Waals surface area contributed by atoms with E-state index in [-0.39, 0.29) is 0 Å². The van der Waals surface area contributed by atoms with Gasteiger partial charge >= 0.3 is 0 Å². The molecule has 2 heterocycles. The Kier molecular flexibility index (Phi) is 2.15. The van der Waals surface area contributed by atoms with Crippen molar-refractivity contribution in [2.75, 3.05) is 0 Å². The van der Waals surface area contributed by atoms with Crippen LogP contribution in [0.2, 0.25) is 0 Å². The molecule has 5 heteroatoms. The highest BCUT2D eigenvalue weighted by molar-refractivity contribution is 5.79. The van der Waals surface area contributed by atoms with Crippen LogP contribution < -0.4 is 0 Å². The Morgan fingerprint density at radius 2 is 1.82 bits per heavy atom. The molecule has 0 aliphatic heterocycles. The summed E-state index contributed by atoms with van der Waals surface area (Å²) in [5.41, 5.74) is 1.39. The minimum Gasteiger partial charge on any atom is -0.298 e. The Hall–Kier alpha value is -2.56. The summed E-state index contributed by atoms with van der Waals surface area (Å²) in [7, 11) is 0. The third kappa shape index (κ3) is 1.57. The lowest BCUT2D eigenvalue weighted by atomic mass is 10.3. The van der Waals surface area contributed by atoms with Crippen molar-refractivity contribution in [3.63, 3.8) is 0 Å². The van der Waals surface area contributed by atoms with Crippen molar-refractivity contribution >= 4 is 17.2 Å². The minimum absolute atomic E-state index is 0.449. The number of aldehydes is 1. The number of hydrogen-bond donors (Lipinski definition) is 0. The zero-order valence-corrected chi connectivity index (χ0v) is 8.82. The van der Waals surface area contributed by atoms with E-state index in [1.807, 2.05) is 24.3 Å². The van der Waals surface area contributed by atoms with Gasteiger partial charge in [-0.05, 0) is 6.07 Å². The Balaban J connectivity index is 2.16. The molecule has 0 saturated heterocycles. The maximum atomic E-state index is 10.5. The van der Waals surface area contributed by atoms with E-state index in [1.54, 1.807) is 10.9 Å². The molecule has 17 heavy (non-hydrogen) atoms. The van der Waals surface area contributed by atoms with Gasteiger partial charge in [0, 0.05) is 17.8 Å². The van der Waals surface area contributed by atoms with E-state index in [0.29, 0.717) is 17.8 Å². The molecule has 0 amide bonds. The van der Waals surface area contributed by atoms with E-state index in [2.05, 4.69) is 15.1 Å². The molecule has 0 fully saturated rings. The number of para-hydroxylation sites is 1. The molecule has 0 saturated carbocycles. The van der Waals surface area contributed by atoms with Crippen LogP contribution in [0.3, 0.4) is 0 Å². The van der Waals surface area contributed by atoms with Crippen LogP contribution in [0.4, 0.5) is 0 Å². The lowest BCUT2D eigenvalue weighted by Gasteiger charge is -2.00. The van der Waals surface area contributed by atoms with Crippen molar-refractivity contribution in [3.8, 4) is 5.95 Å². The number of nitrogens with zero attached hydrogens (tertiary/aromatic N) is 4. The zero-order chi connectivity index (χ0) is 11.7. The largest absolute Gasteiger partial charge is 0.298 e. The van der Waals surface area contributed by atoms with Crippen molar-refractivity contribution in [1.29, 1.82) is 0 Å². The SMILES string of the molecule is O=Cc1cnc(-n2ncc3ccccc32)nc1. The molecular weight excluding hydrogens is 216 g/mol. The van der Waals surface area contributed by atoms with Crippen molar-refractivity contribution in [2.45, 2.75) is 0 Å². The van der Waals surface area contributed by atoms with Gasteiger partial charge in [-0.3, -0.25) is 4.79 Å². The second kappa shape index (κ2) is 3.79. The van der Waals surface area contributed by atoms with E-state index in [9.17, 15) is 4.79 Å². The van der Waals surface area contributed by atoms with Gasteiger partial charge in [-0.1, -0.05) is 18.2 Å². The molecular formula is C12H8N4O. The quantitative estimate of drug-likeness (QED) is 0.621. The van der Waals surface area contributed by atoms with Gasteiger partial charge in [0.2, 0.25) is 0 Å². The van der Waals surface area contributed by atoms with E-state index >= 15 is 0 Å². The topological polar surface area (TPSA) is 60.7 Å². The summed E-state index contributed by atoms with van der Waals surface area (Å²) < 4.78 is 1.64. The van der Waals surface area contributed by atoms with Gasteiger partial charge in [0.05, 0.1) is 17.3 Å². The normalized spacial score (nSPS) is 10.6. The predicted molar refractivity (Wildman–Crippen MR) is 62.0 cm³/mol. The average molecular weight is 224 g/mol. The highest BCUT2D eigenvalue weighted by atomic mass is 16.1. The molecule has 1 aromatic carbocycles. The number of carbonyl (C=O) groups excluding carboxylic acids is 1. The first kappa shape index (κ1) is 9.65. The van der Waals surface area contributed by atoms with Gasteiger partial charge in [-0.2, -0.15) is 9.78 Å². The first-order valence-corrected chi connectivity index (χ1v) is 5.09.